The first kappa shape index (κ1) is 19.9. The standard InChI is InChI=1S/C22H20Cl3NO/c1-2-15-5-9-19(10-6-15)26-13-17-11-20(24)22(21(25)12-17)27-14-16-3-7-18(23)8-4-16/h3-12,26H,2,13-14H2,1H3. The summed E-state index contributed by atoms with van der Waals surface area (Å²) in [6.07, 6.45) is 1.03. The van der Waals surface area contributed by atoms with Crippen LogP contribution in [0.4, 0.5) is 5.69 Å². The smallest absolute Gasteiger partial charge is 0.156 e. The molecule has 0 amide bonds. The molecule has 3 rings (SSSR count). The number of ether oxygens (including phenoxy) is 1. The van der Waals surface area contributed by atoms with Crippen LogP contribution < -0.4 is 10.1 Å². The van der Waals surface area contributed by atoms with Crippen LogP contribution in [-0.2, 0) is 19.6 Å². The van der Waals surface area contributed by atoms with Gasteiger partial charge in [0.2, 0.25) is 0 Å². The van der Waals surface area contributed by atoms with Gasteiger partial charge in [-0.15, -0.1) is 0 Å². The number of hydrogen-bond donors (Lipinski definition) is 1. The van der Waals surface area contributed by atoms with Gasteiger partial charge in [0.1, 0.15) is 6.61 Å². The molecule has 3 aromatic rings. The zero-order valence-corrected chi connectivity index (χ0v) is 17.2. The third-order valence-electron chi connectivity index (χ3n) is 4.21. The Bertz CT molecular complexity index is 869. The molecular formula is C22H20Cl3NO. The summed E-state index contributed by atoms with van der Waals surface area (Å²) in [6.45, 7) is 3.14. The molecular weight excluding hydrogens is 401 g/mol. The Morgan fingerprint density at radius 1 is 0.778 bits per heavy atom. The van der Waals surface area contributed by atoms with Crippen LogP contribution in [0.25, 0.3) is 0 Å². The van der Waals surface area contributed by atoms with Crippen molar-refractivity contribution in [3.63, 3.8) is 0 Å². The maximum atomic E-state index is 6.39. The Morgan fingerprint density at radius 3 is 1.96 bits per heavy atom. The molecule has 0 heterocycles. The van der Waals surface area contributed by atoms with Crippen LogP contribution in [0.2, 0.25) is 15.1 Å². The normalized spacial score (nSPS) is 10.7. The van der Waals surface area contributed by atoms with Gasteiger partial charge in [0, 0.05) is 17.3 Å². The minimum absolute atomic E-state index is 0.373. The molecule has 1 N–H and O–H groups in total. The zero-order valence-electron chi connectivity index (χ0n) is 14.9. The van der Waals surface area contributed by atoms with E-state index in [1.165, 1.54) is 5.56 Å². The molecule has 140 valence electrons. The van der Waals surface area contributed by atoms with Crippen LogP contribution in [0.1, 0.15) is 23.6 Å². The predicted octanol–water partition coefficient (Wildman–Crippen LogP) is 7.40. The summed E-state index contributed by atoms with van der Waals surface area (Å²) in [5, 5.41) is 5.06. The molecule has 0 aliphatic rings. The van der Waals surface area contributed by atoms with Crippen LogP contribution in [0, 0.1) is 0 Å². The van der Waals surface area contributed by atoms with Gasteiger partial charge in [0.15, 0.2) is 5.75 Å². The summed E-state index contributed by atoms with van der Waals surface area (Å²) in [6, 6.07) is 19.6. The van der Waals surface area contributed by atoms with E-state index in [2.05, 4.69) is 36.5 Å². The molecule has 2 nitrogen and oxygen atoms in total. The molecule has 0 unspecified atom stereocenters. The number of hydrogen-bond acceptors (Lipinski definition) is 2. The summed E-state index contributed by atoms with van der Waals surface area (Å²) < 4.78 is 5.81. The van der Waals surface area contributed by atoms with Crippen LogP contribution >= 0.6 is 34.8 Å². The Morgan fingerprint density at radius 2 is 1.37 bits per heavy atom. The third kappa shape index (κ3) is 5.55. The highest BCUT2D eigenvalue weighted by Gasteiger charge is 2.10. The first-order valence-electron chi connectivity index (χ1n) is 8.73. The monoisotopic (exact) mass is 419 g/mol. The molecule has 0 radical (unpaired) electrons. The number of benzene rings is 3. The Hall–Kier alpha value is -1.87. The fourth-order valence-electron chi connectivity index (χ4n) is 2.65. The van der Waals surface area contributed by atoms with Crippen molar-refractivity contribution in [2.45, 2.75) is 26.5 Å². The Kier molecular flexibility index (Phi) is 6.89. The van der Waals surface area contributed by atoms with Crippen molar-refractivity contribution in [1.29, 1.82) is 0 Å². The van der Waals surface area contributed by atoms with Gasteiger partial charge in [-0.1, -0.05) is 66.0 Å². The van der Waals surface area contributed by atoms with Gasteiger partial charge in [-0.05, 0) is 59.5 Å². The van der Waals surface area contributed by atoms with Gasteiger partial charge < -0.3 is 10.1 Å². The highest BCUT2D eigenvalue weighted by atomic mass is 35.5. The van der Waals surface area contributed by atoms with Crippen LogP contribution in [-0.4, -0.2) is 0 Å². The minimum Gasteiger partial charge on any atom is -0.486 e. The van der Waals surface area contributed by atoms with Gasteiger partial charge in [0.05, 0.1) is 10.0 Å². The third-order valence-corrected chi connectivity index (χ3v) is 5.03. The SMILES string of the molecule is CCc1ccc(NCc2cc(Cl)c(OCc3ccc(Cl)cc3)c(Cl)c2)cc1. The number of anilines is 1. The minimum atomic E-state index is 0.373. The molecule has 0 aliphatic carbocycles. The molecule has 0 saturated heterocycles. The number of aryl methyl sites for hydroxylation is 1. The van der Waals surface area contributed by atoms with Crippen molar-refractivity contribution in [2.75, 3.05) is 5.32 Å². The highest BCUT2D eigenvalue weighted by molar-refractivity contribution is 6.37. The lowest BCUT2D eigenvalue weighted by atomic mass is 10.1. The van der Waals surface area contributed by atoms with E-state index in [1.54, 1.807) is 0 Å². The number of halogens is 3. The van der Waals surface area contributed by atoms with Crippen molar-refractivity contribution < 1.29 is 4.74 Å². The second-order valence-electron chi connectivity index (χ2n) is 6.21. The maximum absolute atomic E-state index is 6.39. The van der Waals surface area contributed by atoms with Crippen molar-refractivity contribution >= 4 is 40.5 Å². The lowest BCUT2D eigenvalue weighted by Gasteiger charge is -2.13. The van der Waals surface area contributed by atoms with Crippen molar-refractivity contribution in [2.24, 2.45) is 0 Å². The van der Waals surface area contributed by atoms with Crippen LogP contribution in [0.3, 0.4) is 0 Å². The van der Waals surface area contributed by atoms with Gasteiger partial charge in [0.25, 0.3) is 0 Å². The second kappa shape index (κ2) is 9.36. The van der Waals surface area contributed by atoms with Crippen molar-refractivity contribution in [1.82, 2.24) is 0 Å². The fourth-order valence-corrected chi connectivity index (χ4v) is 3.42. The largest absolute Gasteiger partial charge is 0.486 e. The summed E-state index contributed by atoms with van der Waals surface area (Å²) in [5.41, 5.74) is 4.35. The average Bonchev–Trinajstić information content (AvgIpc) is 2.67. The van der Waals surface area contributed by atoms with E-state index < -0.39 is 0 Å². The molecule has 27 heavy (non-hydrogen) atoms. The van der Waals surface area contributed by atoms with Gasteiger partial charge >= 0.3 is 0 Å². The van der Waals surface area contributed by atoms with E-state index in [1.807, 2.05) is 36.4 Å². The second-order valence-corrected chi connectivity index (χ2v) is 7.46. The van der Waals surface area contributed by atoms with E-state index in [-0.39, 0.29) is 0 Å². The quantitative estimate of drug-likeness (QED) is 0.430. The Balaban J connectivity index is 1.63. The molecule has 0 aliphatic heterocycles. The first-order chi connectivity index (χ1) is 13.0. The van der Waals surface area contributed by atoms with E-state index in [0.717, 1.165) is 23.2 Å². The molecule has 0 atom stereocenters. The van der Waals surface area contributed by atoms with E-state index in [4.69, 9.17) is 39.5 Å². The lowest BCUT2D eigenvalue weighted by molar-refractivity contribution is 0.306. The number of nitrogens with one attached hydrogen (secondary N) is 1. The summed E-state index contributed by atoms with van der Waals surface area (Å²) in [7, 11) is 0. The van der Waals surface area contributed by atoms with E-state index in [0.29, 0.717) is 34.0 Å². The van der Waals surface area contributed by atoms with Crippen LogP contribution in [0.15, 0.2) is 60.7 Å². The molecule has 0 fully saturated rings. The fraction of sp³-hybridized carbons (Fsp3) is 0.182. The summed E-state index contributed by atoms with van der Waals surface area (Å²) >= 11 is 18.7. The molecule has 0 spiro atoms. The van der Waals surface area contributed by atoms with Crippen LogP contribution in [0.5, 0.6) is 5.75 Å². The van der Waals surface area contributed by atoms with Crippen molar-refractivity contribution in [3.05, 3.63) is 92.4 Å². The Labute approximate surface area is 175 Å². The summed E-state index contributed by atoms with van der Waals surface area (Å²) in [4.78, 5) is 0. The van der Waals surface area contributed by atoms with Gasteiger partial charge in [-0.2, -0.15) is 0 Å². The van der Waals surface area contributed by atoms with Crippen molar-refractivity contribution in [3.8, 4) is 5.75 Å². The molecule has 3 aromatic carbocycles. The predicted molar refractivity (Wildman–Crippen MR) is 115 cm³/mol. The molecule has 0 bridgehead atoms. The topological polar surface area (TPSA) is 21.3 Å². The van der Waals surface area contributed by atoms with E-state index in [9.17, 15) is 0 Å². The number of rotatable bonds is 7. The molecule has 0 saturated carbocycles. The van der Waals surface area contributed by atoms with Gasteiger partial charge in [-0.25, -0.2) is 0 Å². The maximum Gasteiger partial charge on any atom is 0.156 e. The van der Waals surface area contributed by atoms with Gasteiger partial charge in [-0.3, -0.25) is 0 Å². The first-order valence-corrected chi connectivity index (χ1v) is 9.86. The van der Waals surface area contributed by atoms with E-state index >= 15 is 0 Å². The average molecular weight is 421 g/mol. The lowest BCUT2D eigenvalue weighted by Crippen LogP contribution is -2.01. The highest BCUT2D eigenvalue weighted by Crippen LogP contribution is 2.35. The molecule has 5 heteroatoms. The zero-order chi connectivity index (χ0) is 19.2. The summed E-state index contributed by atoms with van der Waals surface area (Å²) in [5.74, 6) is 0.490. The molecule has 0 aromatic heterocycles.